The summed E-state index contributed by atoms with van der Waals surface area (Å²) in [6.45, 7) is -0.0965. The van der Waals surface area contributed by atoms with Crippen molar-refractivity contribution < 1.29 is 9.53 Å². The van der Waals surface area contributed by atoms with Crippen LogP contribution < -0.4 is 5.56 Å². The van der Waals surface area contributed by atoms with Crippen molar-refractivity contribution in [2.75, 3.05) is 7.11 Å². The van der Waals surface area contributed by atoms with E-state index in [1.807, 2.05) is 17.5 Å². The lowest BCUT2D eigenvalue weighted by Gasteiger charge is -1.99. The molecule has 6 heteroatoms. The number of carbonyl (C=O) groups is 1. The number of nitrogens with zero attached hydrogens (tertiary/aromatic N) is 1. The zero-order chi connectivity index (χ0) is 11.5. The Labute approximate surface area is 95.3 Å². The van der Waals surface area contributed by atoms with Gasteiger partial charge in [-0.25, -0.2) is 4.68 Å². The number of ether oxygens (including phenoxy) is 1. The number of carbonyl (C=O) groups excluding carboxylic acids is 1. The molecule has 0 unspecified atom stereocenters. The molecule has 0 saturated carbocycles. The fourth-order valence-electron chi connectivity index (χ4n) is 1.30. The van der Waals surface area contributed by atoms with E-state index in [2.05, 4.69) is 9.84 Å². The third-order valence-electron chi connectivity index (χ3n) is 2.09. The van der Waals surface area contributed by atoms with Gasteiger partial charge in [-0.05, 0) is 11.4 Å². The van der Waals surface area contributed by atoms with E-state index in [-0.39, 0.29) is 12.1 Å². The maximum absolute atomic E-state index is 11.5. The summed E-state index contributed by atoms with van der Waals surface area (Å²) >= 11 is 1.52. The number of aromatic amines is 1. The molecule has 16 heavy (non-hydrogen) atoms. The van der Waals surface area contributed by atoms with Crippen molar-refractivity contribution >= 4 is 17.3 Å². The highest BCUT2D eigenvalue weighted by atomic mass is 32.1. The fourth-order valence-corrected chi connectivity index (χ4v) is 2.00. The van der Waals surface area contributed by atoms with Gasteiger partial charge in [0.05, 0.1) is 17.7 Å². The van der Waals surface area contributed by atoms with Crippen molar-refractivity contribution in [1.29, 1.82) is 0 Å². The van der Waals surface area contributed by atoms with Crippen LogP contribution in [-0.2, 0) is 16.1 Å². The number of esters is 1. The Morgan fingerprint density at radius 3 is 3.06 bits per heavy atom. The first-order chi connectivity index (χ1) is 7.70. The molecule has 0 bridgehead atoms. The highest BCUT2D eigenvalue weighted by Crippen LogP contribution is 2.20. The molecule has 2 rings (SSSR count). The third-order valence-corrected chi connectivity index (χ3v) is 2.99. The molecule has 0 radical (unpaired) electrons. The maximum atomic E-state index is 11.5. The van der Waals surface area contributed by atoms with Gasteiger partial charge in [-0.3, -0.25) is 14.7 Å². The largest absolute Gasteiger partial charge is 0.468 e. The van der Waals surface area contributed by atoms with E-state index < -0.39 is 5.97 Å². The highest BCUT2D eigenvalue weighted by Gasteiger charge is 2.09. The number of thiophene rings is 1. The van der Waals surface area contributed by atoms with Gasteiger partial charge in [0.15, 0.2) is 0 Å². The van der Waals surface area contributed by atoms with E-state index in [0.717, 1.165) is 4.88 Å². The van der Waals surface area contributed by atoms with Crippen LogP contribution in [0.15, 0.2) is 28.4 Å². The number of H-pyrrole nitrogens is 1. The summed E-state index contributed by atoms with van der Waals surface area (Å²) in [5, 5.41) is 4.78. The van der Waals surface area contributed by atoms with Gasteiger partial charge in [0.1, 0.15) is 6.54 Å². The molecule has 2 heterocycles. The van der Waals surface area contributed by atoms with Gasteiger partial charge in [-0.15, -0.1) is 11.3 Å². The number of aromatic nitrogens is 2. The van der Waals surface area contributed by atoms with Crippen LogP contribution in [-0.4, -0.2) is 22.9 Å². The summed E-state index contributed by atoms with van der Waals surface area (Å²) in [6.07, 6.45) is 0. The van der Waals surface area contributed by atoms with E-state index in [9.17, 15) is 9.59 Å². The summed E-state index contributed by atoms with van der Waals surface area (Å²) in [5.74, 6) is -0.457. The monoisotopic (exact) mass is 238 g/mol. The minimum absolute atomic E-state index is 0.0965. The molecule has 5 nitrogen and oxygen atoms in total. The topological polar surface area (TPSA) is 64.1 Å². The van der Waals surface area contributed by atoms with Crippen LogP contribution in [0.25, 0.3) is 10.6 Å². The average molecular weight is 238 g/mol. The smallest absolute Gasteiger partial charge is 0.327 e. The van der Waals surface area contributed by atoms with Gasteiger partial charge in [-0.1, -0.05) is 6.07 Å². The summed E-state index contributed by atoms with van der Waals surface area (Å²) < 4.78 is 5.72. The van der Waals surface area contributed by atoms with Gasteiger partial charge < -0.3 is 4.74 Å². The van der Waals surface area contributed by atoms with Crippen LogP contribution in [0.1, 0.15) is 0 Å². The van der Waals surface area contributed by atoms with E-state index in [4.69, 9.17) is 0 Å². The predicted molar refractivity (Wildman–Crippen MR) is 60.4 cm³/mol. The molecule has 1 N–H and O–H groups in total. The Kier molecular flexibility index (Phi) is 2.91. The molecular weight excluding hydrogens is 228 g/mol. The van der Waals surface area contributed by atoms with Crippen LogP contribution in [0.2, 0.25) is 0 Å². The zero-order valence-corrected chi connectivity index (χ0v) is 9.41. The van der Waals surface area contributed by atoms with Gasteiger partial charge in [0.2, 0.25) is 0 Å². The average Bonchev–Trinajstić information content (AvgIpc) is 2.88. The third kappa shape index (κ3) is 2.06. The highest BCUT2D eigenvalue weighted by molar-refractivity contribution is 7.13. The minimum Gasteiger partial charge on any atom is -0.468 e. The summed E-state index contributed by atoms with van der Waals surface area (Å²) in [4.78, 5) is 23.5. The Balaban J connectivity index is 2.29. The molecule has 0 amide bonds. The first kappa shape index (κ1) is 10.7. The lowest BCUT2D eigenvalue weighted by molar-refractivity contribution is -0.141. The minimum atomic E-state index is -0.457. The molecule has 2 aromatic heterocycles. The normalized spacial score (nSPS) is 10.3. The summed E-state index contributed by atoms with van der Waals surface area (Å²) in [5.41, 5.74) is 0.470. The first-order valence-electron chi connectivity index (χ1n) is 4.61. The molecule has 84 valence electrons. The van der Waals surface area contributed by atoms with Gasteiger partial charge in [0.25, 0.3) is 5.56 Å². The molecule has 0 aliphatic heterocycles. The van der Waals surface area contributed by atoms with E-state index in [1.54, 1.807) is 0 Å². The van der Waals surface area contributed by atoms with E-state index in [1.165, 1.54) is 29.2 Å². The first-order valence-corrected chi connectivity index (χ1v) is 5.49. The van der Waals surface area contributed by atoms with Gasteiger partial charge >= 0.3 is 5.97 Å². The molecular formula is C10H10N2O3S. The molecule has 0 fully saturated rings. The lowest BCUT2D eigenvalue weighted by atomic mass is 10.3. The molecule has 0 aromatic carbocycles. The predicted octanol–water partition coefficient (Wildman–Crippen LogP) is 1.08. The van der Waals surface area contributed by atoms with Crippen LogP contribution in [0.4, 0.5) is 0 Å². The molecule has 2 aromatic rings. The number of nitrogens with one attached hydrogen (secondary N) is 1. The number of methoxy groups -OCH3 is 1. The van der Waals surface area contributed by atoms with Crippen LogP contribution in [0.3, 0.4) is 0 Å². The van der Waals surface area contributed by atoms with Crippen LogP contribution >= 0.6 is 11.3 Å². The van der Waals surface area contributed by atoms with Crippen molar-refractivity contribution in [3.05, 3.63) is 33.9 Å². The van der Waals surface area contributed by atoms with E-state index in [0.29, 0.717) is 5.69 Å². The molecule has 0 aliphatic rings. The summed E-state index contributed by atoms with van der Waals surface area (Å²) in [6, 6.07) is 5.27. The summed E-state index contributed by atoms with van der Waals surface area (Å²) in [7, 11) is 1.29. The van der Waals surface area contributed by atoms with Gasteiger partial charge in [-0.2, -0.15) is 0 Å². The number of hydrogen-bond acceptors (Lipinski definition) is 4. The molecule has 0 spiro atoms. The molecule has 0 saturated heterocycles. The standard InChI is InChI=1S/C10H10N2O3S/c1-15-10(14)6-12-9(13)5-7(11-12)8-3-2-4-16-8/h2-5,11H,6H2,1H3. The van der Waals surface area contributed by atoms with Gasteiger partial charge in [0, 0.05) is 6.07 Å². The van der Waals surface area contributed by atoms with Crippen molar-refractivity contribution in [2.45, 2.75) is 6.54 Å². The second-order valence-corrected chi connectivity index (χ2v) is 4.10. The second kappa shape index (κ2) is 4.36. The van der Waals surface area contributed by atoms with Crippen molar-refractivity contribution in [2.24, 2.45) is 0 Å². The van der Waals surface area contributed by atoms with Crippen molar-refractivity contribution in [3.63, 3.8) is 0 Å². The Morgan fingerprint density at radius 1 is 1.62 bits per heavy atom. The van der Waals surface area contributed by atoms with Crippen molar-refractivity contribution in [3.8, 4) is 10.6 Å². The Bertz CT molecular complexity index is 539. The maximum Gasteiger partial charge on any atom is 0.327 e. The lowest BCUT2D eigenvalue weighted by Crippen LogP contribution is -2.22. The van der Waals surface area contributed by atoms with Crippen molar-refractivity contribution in [1.82, 2.24) is 9.78 Å². The SMILES string of the molecule is COC(=O)Cn1[nH]c(-c2cccs2)cc1=O. The zero-order valence-electron chi connectivity index (χ0n) is 8.60. The second-order valence-electron chi connectivity index (χ2n) is 3.15. The Morgan fingerprint density at radius 2 is 2.44 bits per heavy atom. The number of rotatable bonds is 3. The number of hydrogen-bond donors (Lipinski definition) is 1. The van der Waals surface area contributed by atoms with Crippen LogP contribution in [0.5, 0.6) is 0 Å². The fraction of sp³-hybridized carbons (Fsp3) is 0.200. The molecule has 0 aliphatic carbocycles. The quantitative estimate of drug-likeness (QED) is 0.814. The van der Waals surface area contributed by atoms with E-state index >= 15 is 0 Å². The molecule has 0 atom stereocenters. The Hall–Kier alpha value is -1.82. The van der Waals surface area contributed by atoms with Crippen LogP contribution in [0, 0.1) is 0 Å².